The van der Waals surface area contributed by atoms with E-state index in [1.165, 1.54) is 11.1 Å². The number of hydrazine groups is 1. The van der Waals surface area contributed by atoms with Gasteiger partial charge in [-0.3, -0.25) is 5.32 Å². The number of nitrogens with two attached hydrogens (primary N) is 1. The van der Waals surface area contributed by atoms with Crippen LogP contribution in [0.1, 0.15) is 11.1 Å². The first-order chi connectivity index (χ1) is 12.6. The molecule has 1 aliphatic rings. The average molecular weight is 389 g/mol. The van der Waals surface area contributed by atoms with Crippen LogP contribution in [0.15, 0.2) is 58.7 Å². The normalized spacial score (nSPS) is 15.7. The highest BCUT2D eigenvalue weighted by molar-refractivity contribution is 7.97. The SMILES string of the molecule is Cc1ccc(C/C=N/N=C(\N)N(c2cccc(Cl)c2)N2CNCS2)cc1. The Kier molecular flexibility index (Phi) is 6.51. The lowest BCUT2D eigenvalue weighted by molar-refractivity contribution is 0.488. The minimum Gasteiger partial charge on any atom is -0.367 e. The summed E-state index contributed by atoms with van der Waals surface area (Å²) in [5.74, 6) is 1.09. The summed E-state index contributed by atoms with van der Waals surface area (Å²) in [6.07, 6.45) is 2.46. The fourth-order valence-electron chi connectivity index (χ4n) is 2.43. The van der Waals surface area contributed by atoms with Gasteiger partial charge in [-0.2, -0.15) is 5.10 Å². The number of guanidine groups is 1. The molecule has 0 amide bonds. The first kappa shape index (κ1) is 18.7. The molecule has 6 nitrogen and oxygen atoms in total. The number of aryl methyl sites for hydroxylation is 1. The number of hydrogen-bond acceptors (Lipinski definition) is 5. The van der Waals surface area contributed by atoms with E-state index < -0.39 is 0 Å². The standard InChI is InChI=1S/C18H21ClN6S/c1-14-5-7-15(8-6-14)9-10-22-23-18(20)25(24-12-21-13-26-24)17-4-2-3-16(19)11-17/h2-8,10-11,21H,9,12-13H2,1H3,(H2,20,23)/b22-10+. The Balaban J connectivity index is 1.73. The predicted octanol–water partition coefficient (Wildman–Crippen LogP) is 3.38. The molecule has 0 bridgehead atoms. The average Bonchev–Trinajstić information content (AvgIpc) is 3.15. The van der Waals surface area contributed by atoms with Crippen molar-refractivity contribution in [3.63, 3.8) is 0 Å². The van der Waals surface area contributed by atoms with E-state index in [2.05, 4.69) is 46.7 Å². The van der Waals surface area contributed by atoms with Gasteiger partial charge < -0.3 is 5.73 Å². The van der Waals surface area contributed by atoms with Gasteiger partial charge in [0.05, 0.1) is 18.2 Å². The highest BCUT2D eigenvalue weighted by Crippen LogP contribution is 2.26. The van der Waals surface area contributed by atoms with Crippen molar-refractivity contribution in [2.75, 3.05) is 17.6 Å². The molecule has 0 unspecified atom stereocenters. The third kappa shape index (κ3) is 4.98. The molecule has 2 aromatic rings. The lowest BCUT2D eigenvalue weighted by Gasteiger charge is -2.30. The molecular formula is C18H21ClN6S. The predicted molar refractivity (Wildman–Crippen MR) is 111 cm³/mol. The van der Waals surface area contributed by atoms with E-state index in [0.29, 0.717) is 18.1 Å². The molecule has 1 heterocycles. The van der Waals surface area contributed by atoms with Crippen molar-refractivity contribution in [1.82, 2.24) is 9.73 Å². The van der Waals surface area contributed by atoms with Crippen molar-refractivity contribution < 1.29 is 0 Å². The molecule has 0 spiro atoms. The molecule has 0 saturated carbocycles. The first-order valence-corrected chi connectivity index (χ1v) is 9.53. The second-order valence-electron chi connectivity index (χ2n) is 5.77. The van der Waals surface area contributed by atoms with Crippen LogP contribution in [0.5, 0.6) is 0 Å². The highest BCUT2D eigenvalue weighted by Gasteiger charge is 2.24. The molecule has 1 saturated heterocycles. The smallest absolute Gasteiger partial charge is 0.236 e. The topological polar surface area (TPSA) is 69.2 Å². The van der Waals surface area contributed by atoms with Crippen molar-refractivity contribution in [3.05, 3.63) is 64.7 Å². The summed E-state index contributed by atoms with van der Waals surface area (Å²) in [6.45, 7) is 2.72. The molecule has 1 aliphatic heterocycles. The molecule has 0 atom stereocenters. The number of nitrogens with zero attached hydrogens (tertiary/aromatic N) is 4. The maximum atomic E-state index is 6.22. The quantitative estimate of drug-likeness (QED) is 0.355. The molecule has 136 valence electrons. The molecule has 1 fully saturated rings. The molecule has 0 radical (unpaired) electrons. The number of hydrogen-bond donors (Lipinski definition) is 2. The van der Waals surface area contributed by atoms with E-state index in [1.807, 2.05) is 28.7 Å². The second kappa shape index (κ2) is 9.05. The minimum absolute atomic E-state index is 0.281. The van der Waals surface area contributed by atoms with E-state index in [9.17, 15) is 0 Å². The number of benzene rings is 2. The Bertz CT molecular complexity index is 787. The van der Waals surface area contributed by atoms with Crippen LogP contribution in [0.2, 0.25) is 5.02 Å². The van der Waals surface area contributed by atoms with Crippen LogP contribution in [0.25, 0.3) is 0 Å². The lowest BCUT2D eigenvalue weighted by atomic mass is 10.1. The second-order valence-corrected chi connectivity index (χ2v) is 7.18. The fourth-order valence-corrected chi connectivity index (χ4v) is 3.42. The Hall–Kier alpha value is -2.06. The summed E-state index contributed by atoms with van der Waals surface area (Å²) in [4.78, 5) is 0. The highest BCUT2D eigenvalue weighted by atomic mass is 35.5. The summed E-state index contributed by atoms with van der Waals surface area (Å²) < 4.78 is 1.99. The van der Waals surface area contributed by atoms with Crippen LogP contribution >= 0.6 is 23.5 Å². The zero-order chi connectivity index (χ0) is 18.4. The Morgan fingerprint density at radius 3 is 2.85 bits per heavy atom. The molecule has 2 aromatic carbocycles. The van der Waals surface area contributed by atoms with Gasteiger partial charge in [0.1, 0.15) is 0 Å². The minimum atomic E-state index is 0.281. The third-order valence-corrected chi connectivity index (χ3v) is 4.90. The zero-order valence-corrected chi connectivity index (χ0v) is 16.0. The third-order valence-electron chi connectivity index (χ3n) is 3.74. The van der Waals surface area contributed by atoms with Crippen LogP contribution in [-0.2, 0) is 6.42 Å². The van der Waals surface area contributed by atoms with E-state index in [-0.39, 0.29) is 5.96 Å². The van der Waals surface area contributed by atoms with Gasteiger partial charge in [-0.1, -0.05) is 47.5 Å². The summed E-state index contributed by atoms with van der Waals surface area (Å²) in [5.41, 5.74) is 9.47. The van der Waals surface area contributed by atoms with E-state index in [0.717, 1.165) is 11.6 Å². The number of rotatable bonds is 5. The van der Waals surface area contributed by atoms with Gasteiger partial charge in [0, 0.05) is 17.7 Å². The van der Waals surface area contributed by atoms with Crippen molar-refractivity contribution in [2.24, 2.45) is 15.9 Å². The van der Waals surface area contributed by atoms with Crippen molar-refractivity contribution >= 4 is 41.4 Å². The van der Waals surface area contributed by atoms with Gasteiger partial charge in [0.2, 0.25) is 5.96 Å². The Morgan fingerprint density at radius 2 is 2.15 bits per heavy atom. The summed E-state index contributed by atoms with van der Waals surface area (Å²) >= 11 is 7.74. The molecule has 0 aliphatic carbocycles. The maximum Gasteiger partial charge on any atom is 0.236 e. The van der Waals surface area contributed by atoms with E-state index in [1.54, 1.807) is 23.2 Å². The summed E-state index contributed by atoms with van der Waals surface area (Å²) in [5, 5.41) is 14.0. The Labute approximate surface area is 162 Å². The number of nitrogens with one attached hydrogen (secondary N) is 1. The van der Waals surface area contributed by atoms with Gasteiger partial charge >= 0.3 is 0 Å². The molecule has 3 rings (SSSR count). The van der Waals surface area contributed by atoms with Crippen LogP contribution in [0, 0.1) is 6.92 Å². The van der Waals surface area contributed by atoms with Gasteiger partial charge in [0.15, 0.2) is 0 Å². The van der Waals surface area contributed by atoms with Crippen LogP contribution in [-0.4, -0.2) is 29.1 Å². The van der Waals surface area contributed by atoms with Gasteiger partial charge in [0.25, 0.3) is 0 Å². The van der Waals surface area contributed by atoms with E-state index >= 15 is 0 Å². The summed E-state index contributed by atoms with van der Waals surface area (Å²) in [7, 11) is 0. The number of halogens is 1. The number of anilines is 1. The summed E-state index contributed by atoms with van der Waals surface area (Å²) in [6, 6.07) is 15.8. The largest absolute Gasteiger partial charge is 0.367 e. The maximum absolute atomic E-state index is 6.22. The van der Waals surface area contributed by atoms with Crippen molar-refractivity contribution in [2.45, 2.75) is 13.3 Å². The lowest BCUT2D eigenvalue weighted by Crippen LogP contribution is -2.47. The van der Waals surface area contributed by atoms with Gasteiger partial charge in [-0.15, -0.1) is 9.52 Å². The molecular weight excluding hydrogens is 368 g/mol. The molecule has 8 heteroatoms. The van der Waals surface area contributed by atoms with Gasteiger partial charge in [-0.05, 0) is 42.6 Å². The fraction of sp³-hybridized carbons (Fsp3) is 0.222. The van der Waals surface area contributed by atoms with Gasteiger partial charge in [-0.25, -0.2) is 5.01 Å². The monoisotopic (exact) mass is 388 g/mol. The van der Waals surface area contributed by atoms with Crippen LogP contribution < -0.4 is 16.1 Å². The van der Waals surface area contributed by atoms with Crippen LogP contribution in [0.3, 0.4) is 0 Å². The molecule has 0 aromatic heterocycles. The van der Waals surface area contributed by atoms with E-state index in [4.69, 9.17) is 17.3 Å². The van der Waals surface area contributed by atoms with Crippen molar-refractivity contribution in [3.8, 4) is 0 Å². The van der Waals surface area contributed by atoms with Crippen molar-refractivity contribution in [1.29, 1.82) is 0 Å². The molecule has 26 heavy (non-hydrogen) atoms. The molecule has 3 N–H and O–H groups in total. The van der Waals surface area contributed by atoms with Crippen LogP contribution in [0.4, 0.5) is 5.69 Å². The first-order valence-electron chi connectivity index (χ1n) is 8.21. The zero-order valence-electron chi connectivity index (χ0n) is 14.5. The Morgan fingerprint density at radius 1 is 1.35 bits per heavy atom.